The monoisotopic (exact) mass is 490 g/mol. The van der Waals surface area contributed by atoms with Gasteiger partial charge in [0.2, 0.25) is 11.8 Å². The lowest BCUT2D eigenvalue weighted by molar-refractivity contribution is -0.140. The molecule has 2 N–H and O–H groups in total. The minimum atomic E-state index is -0.778. The second-order valence-electron chi connectivity index (χ2n) is 10.3. The Morgan fingerprint density at radius 1 is 1.09 bits per heavy atom. The van der Waals surface area contributed by atoms with E-state index in [1.54, 1.807) is 18.7 Å². The average molecular weight is 491 g/mol. The molecule has 1 saturated heterocycles. The fourth-order valence-electron chi connectivity index (χ4n) is 4.65. The van der Waals surface area contributed by atoms with Gasteiger partial charge in [0.15, 0.2) is 0 Å². The van der Waals surface area contributed by atoms with Crippen LogP contribution in [0.1, 0.15) is 58.4 Å². The van der Waals surface area contributed by atoms with Crippen LogP contribution in [-0.2, 0) is 16.0 Å². The molecule has 1 aliphatic carbocycles. The van der Waals surface area contributed by atoms with E-state index in [2.05, 4.69) is 10.6 Å². The minimum Gasteiger partial charge on any atom is -0.343 e. The lowest BCUT2D eigenvalue weighted by Crippen LogP contribution is -2.61. The minimum absolute atomic E-state index is 0.0375. The Morgan fingerprint density at radius 2 is 1.76 bits per heavy atom. The first-order valence-corrected chi connectivity index (χ1v) is 13.0. The molecule has 2 aliphatic rings. The third-order valence-electron chi connectivity index (χ3n) is 6.97. The van der Waals surface area contributed by atoms with Gasteiger partial charge in [0, 0.05) is 44.0 Å². The van der Waals surface area contributed by atoms with Crippen molar-refractivity contribution in [2.75, 3.05) is 25.5 Å². The van der Waals surface area contributed by atoms with Gasteiger partial charge in [-0.05, 0) is 39.2 Å². The van der Waals surface area contributed by atoms with E-state index in [1.807, 2.05) is 42.2 Å². The number of nitrogens with zero attached hydrogens (tertiary/aromatic N) is 2. The molecular formula is C26H39ClN4O3. The summed E-state index contributed by atoms with van der Waals surface area (Å²) in [4.78, 5) is 42.9. The smallest absolute Gasteiger partial charge is 0.317 e. The highest BCUT2D eigenvalue weighted by Crippen LogP contribution is 2.20. The molecule has 2 unspecified atom stereocenters. The van der Waals surface area contributed by atoms with Gasteiger partial charge in [0.25, 0.3) is 0 Å². The SMILES string of the molecule is CC1CN(C(=O)C(Cc2ccccc2)NC(=O)C(C)(C)CCl)CCN1C(=O)NC1CCCCC1. The molecule has 0 spiro atoms. The summed E-state index contributed by atoms with van der Waals surface area (Å²) in [6.07, 6.45) is 6.05. The number of benzene rings is 1. The van der Waals surface area contributed by atoms with E-state index in [-0.39, 0.29) is 35.8 Å². The standard InChI is InChI=1S/C26H39ClN4O3/c1-19-17-30(14-15-31(19)25(34)28-21-12-8-5-9-13-21)23(32)22(16-20-10-6-4-7-11-20)29-24(33)26(2,3)18-27/h4,6-7,10-11,19,21-22H,5,8-9,12-18H2,1-3H3,(H,28,34)(H,29,33). The Morgan fingerprint density at radius 3 is 2.38 bits per heavy atom. The zero-order chi connectivity index (χ0) is 24.7. The third-order valence-corrected chi connectivity index (χ3v) is 7.64. The zero-order valence-corrected chi connectivity index (χ0v) is 21.4. The van der Waals surface area contributed by atoms with E-state index in [0.29, 0.717) is 26.1 Å². The van der Waals surface area contributed by atoms with E-state index in [4.69, 9.17) is 11.6 Å². The van der Waals surface area contributed by atoms with Gasteiger partial charge in [-0.2, -0.15) is 0 Å². The quantitative estimate of drug-likeness (QED) is 0.573. The van der Waals surface area contributed by atoms with E-state index in [9.17, 15) is 14.4 Å². The molecule has 0 aromatic heterocycles. The first-order valence-electron chi connectivity index (χ1n) is 12.5. The van der Waals surface area contributed by atoms with Crippen LogP contribution in [0.5, 0.6) is 0 Å². The fourth-order valence-corrected chi connectivity index (χ4v) is 4.77. The molecule has 3 rings (SSSR count). The molecule has 0 bridgehead atoms. The molecule has 2 atom stereocenters. The van der Waals surface area contributed by atoms with Crippen molar-refractivity contribution in [2.24, 2.45) is 5.41 Å². The molecule has 1 aromatic rings. The van der Waals surface area contributed by atoms with Crippen molar-refractivity contribution in [2.45, 2.75) is 77.4 Å². The number of carbonyl (C=O) groups excluding carboxylic acids is 3. The van der Waals surface area contributed by atoms with Crippen molar-refractivity contribution in [1.82, 2.24) is 20.4 Å². The number of alkyl halides is 1. The molecule has 4 amide bonds. The van der Waals surface area contributed by atoms with Crippen LogP contribution in [0.4, 0.5) is 4.79 Å². The first kappa shape index (κ1) is 26.3. The second kappa shape index (κ2) is 11.9. The van der Waals surface area contributed by atoms with Crippen molar-refractivity contribution in [3.05, 3.63) is 35.9 Å². The molecule has 1 aromatic carbocycles. The first-order chi connectivity index (χ1) is 16.2. The van der Waals surface area contributed by atoms with Gasteiger partial charge in [0.1, 0.15) is 6.04 Å². The number of halogens is 1. The molecule has 7 nitrogen and oxygen atoms in total. The van der Waals surface area contributed by atoms with Gasteiger partial charge >= 0.3 is 6.03 Å². The maximum absolute atomic E-state index is 13.6. The zero-order valence-electron chi connectivity index (χ0n) is 20.7. The Balaban J connectivity index is 1.65. The van der Waals surface area contributed by atoms with E-state index in [1.165, 1.54) is 6.42 Å². The van der Waals surface area contributed by atoms with Crippen molar-refractivity contribution in [3.8, 4) is 0 Å². The predicted molar refractivity (Wildman–Crippen MR) is 135 cm³/mol. The Labute approximate surface area is 208 Å². The van der Waals surface area contributed by atoms with Crippen LogP contribution in [0.3, 0.4) is 0 Å². The highest BCUT2D eigenvalue weighted by molar-refractivity contribution is 6.19. The summed E-state index contributed by atoms with van der Waals surface area (Å²) < 4.78 is 0. The summed E-state index contributed by atoms with van der Waals surface area (Å²) in [5, 5.41) is 6.13. The largest absolute Gasteiger partial charge is 0.343 e. The van der Waals surface area contributed by atoms with Gasteiger partial charge in [-0.1, -0.05) is 49.6 Å². The number of hydrogen-bond acceptors (Lipinski definition) is 3. The number of amides is 4. The van der Waals surface area contributed by atoms with E-state index >= 15 is 0 Å². The highest BCUT2D eigenvalue weighted by Gasteiger charge is 2.36. The number of hydrogen-bond donors (Lipinski definition) is 2. The number of urea groups is 1. The van der Waals surface area contributed by atoms with Crippen LogP contribution in [0.2, 0.25) is 0 Å². The van der Waals surface area contributed by atoms with Crippen molar-refractivity contribution in [3.63, 3.8) is 0 Å². The summed E-state index contributed by atoms with van der Waals surface area (Å²) >= 11 is 6.00. The van der Waals surface area contributed by atoms with Crippen LogP contribution < -0.4 is 10.6 Å². The van der Waals surface area contributed by atoms with Crippen LogP contribution in [0.15, 0.2) is 30.3 Å². The van der Waals surface area contributed by atoms with Gasteiger partial charge < -0.3 is 20.4 Å². The van der Waals surface area contributed by atoms with Crippen LogP contribution in [-0.4, -0.2) is 71.3 Å². The van der Waals surface area contributed by atoms with Gasteiger partial charge in [0.05, 0.1) is 5.41 Å². The van der Waals surface area contributed by atoms with Crippen molar-refractivity contribution in [1.29, 1.82) is 0 Å². The lowest BCUT2D eigenvalue weighted by atomic mass is 9.94. The molecule has 188 valence electrons. The van der Waals surface area contributed by atoms with E-state index < -0.39 is 11.5 Å². The van der Waals surface area contributed by atoms with Crippen LogP contribution >= 0.6 is 11.6 Å². The molecule has 1 heterocycles. The fraction of sp³-hybridized carbons (Fsp3) is 0.654. The highest BCUT2D eigenvalue weighted by atomic mass is 35.5. The molecule has 8 heteroatoms. The molecular weight excluding hydrogens is 452 g/mol. The number of nitrogens with one attached hydrogen (secondary N) is 2. The number of piperazine rings is 1. The Hall–Kier alpha value is -2.28. The van der Waals surface area contributed by atoms with Gasteiger partial charge in [-0.25, -0.2) is 4.79 Å². The number of carbonyl (C=O) groups is 3. The lowest BCUT2D eigenvalue weighted by Gasteiger charge is -2.41. The van der Waals surface area contributed by atoms with Crippen LogP contribution in [0, 0.1) is 5.41 Å². The topological polar surface area (TPSA) is 81.8 Å². The van der Waals surface area contributed by atoms with Gasteiger partial charge in [-0.3, -0.25) is 9.59 Å². The maximum Gasteiger partial charge on any atom is 0.317 e. The summed E-state index contributed by atoms with van der Waals surface area (Å²) in [5.41, 5.74) is 0.198. The Kier molecular flexibility index (Phi) is 9.23. The van der Waals surface area contributed by atoms with E-state index in [0.717, 1.165) is 31.2 Å². The van der Waals surface area contributed by atoms with Crippen LogP contribution in [0.25, 0.3) is 0 Å². The average Bonchev–Trinajstić information content (AvgIpc) is 2.84. The Bertz CT molecular complexity index is 842. The number of rotatable bonds is 7. The predicted octanol–water partition coefficient (Wildman–Crippen LogP) is 3.55. The third kappa shape index (κ3) is 6.87. The van der Waals surface area contributed by atoms with Crippen molar-refractivity contribution < 1.29 is 14.4 Å². The normalized spacial score (nSPS) is 20.5. The second-order valence-corrected chi connectivity index (χ2v) is 10.6. The summed E-state index contributed by atoms with van der Waals surface area (Å²) in [5.74, 6) is -0.200. The summed E-state index contributed by atoms with van der Waals surface area (Å²) in [7, 11) is 0. The summed E-state index contributed by atoms with van der Waals surface area (Å²) in [6, 6.07) is 9.11. The molecule has 1 saturated carbocycles. The molecule has 1 aliphatic heterocycles. The molecule has 2 fully saturated rings. The molecule has 0 radical (unpaired) electrons. The van der Waals surface area contributed by atoms with Crippen molar-refractivity contribution >= 4 is 29.4 Å². The molecule has 34 heavy (non-hydrogen) atoms. The summed E-state index contributed by atoms with van der Waals surface area (Å²) in [6.45, 7) is 6.88. The maximum atomic E-state index is 13.6. The van der Waals surface area contributed by atoms with Gasteiger partial charge in [-0.15, -0.1) is 11.6 Å².